The fourth-order valence-corrected chi connectivity index (χ4v) is 4.64. The highest BCUT2D eigenvalue weighted by Gasteiger charge is 2.19. The molecule has 0 bridgehead atoms. The monoisotopic (exact) mass is 396 g/mol. The lowest BCUT2D eigenvalue weighted by molar-refractivity contribution is -0.703. The highest BCUT2D eigenvalue weighted by molar-refractivity contribution is 5.89. The number of benzene rings is 2. The lowest BCUT2D eigenvalue weighted by atomic mass is 10.1. The highest BCUT2D eigenvalue weighted by Crippen LogP contribution is 2.26. The molecule has 2 aromatic heterocycles. The predicted molar refractivity (Wildman–Crippen MR) is 120 cm³/mol. The minimum atomic E-state index is 0.856. The van der Waals surface area contributed by atoms with Crippen LogP contribution in [0.25, 0.3) is 27.6 Å². The molecule has 30 heavy (non-hydrogen) atoms. The first-order chi connectivity index (χ1) is 14.8. The van der Waals surface area contributed by atoms with Gasteiger partial charge in [0, 0.05) is 30.2 Å². The summed E-state index contributed by atoms with van der Waals surface area (Å²) in [6.45, 7) is 1.15. The third kappa shape index (κ3) is 3.80. The molecule has 1 fully saturated rings. The second-order valence-corrected chi connectivity index (χ2v) is 8.30. The predicted octanol–water partition coefficient (Wildman–Crippen LogP) is 5.27. The summed E-state index contributed by atoms with van der Waals surface area (Å²) in [5, 5.41) is 2.39. The van der Waals surface area contributed by atoms with Crippen LogP contribution in [0.1, 0.15) is 25.7 Å². The van der Waals surface area contributed by atoms with Crippen molar-refractivity contribution < 1.29 is 13.9 Å². The van der Waals surface area contributed by atoms with Gasteiger partial charge in [0.05, 0.1) is 18.6 Å². The summed E-state index contributed by atoms with van der Waals surface area (Å²) in [5.41, 5.74) is 3.60. The van der Waals surface area contributed by atoms with Gasteiger partial charge in [-0.05, 0) is 41.5 Å². The van der Waals surface area contributed by atoms with Crippen LogP contribution in [-0.2, 0) is 6.54 Å². The maximum absolute atomic E-state index is 5.52. The molecule has 0 atom stereocenters. The molecule has 4 aromatic rings. The van der Waals surface area contributed by atoms with E-state index < -0.39 is 0 Å². The molecule has 1 aliphatic carbocycles. The largest absolute Gasteiger partial charge is 0.496 e. The highest BCUT2D eigenvalue weighted by atomic mass is 16.5. The third-order valence-corrected chi connectivity index (χ3v) is 6.32. The summed E-state index contributed by atoms with van der Waals surface area (Å²) < 4.78 is 10.0. The number of ether oxygens (including phenoxy) is 1. The van der Waals surface area contributed by atoms with Gasteiger partial charge in [0.15, 0.2) is 31.3 Å². The van der Waals surface area contributed by atoms with Gasteiger partial charge in [-0.3, -0.25) is 0 Å². The van der Waals surface area contributed by atoms with Crippen LogP contribution in [0.15, 0.2) is 85.5 Å². The maximum Gasteiger partial charge on any atom is 0.222 e. The zero-order valence-electron chi connectivity index (χ0n) is 17.5. The molecule has 0 N–H and O–H groups in total. The van der Waals surface area contributed by atoms with E-state index in [-0.39, 0.29) is 0 Å². The molecule has 0 amide bonds. The molecule has 3 nitrogen and oxygen atoms in total. The van der Waals surface area contributed by atoms with E-state index in [9.17, 15) is 0 Å². The Bertz CT molecular complexity index is 1140. The van der Waals surface area contributed by atoms with E-state index >= 15 is 0 Å². The number of nitrogens with zero attached hydrogens (tertiary/aromatic N) is 2. The standard InChI is InChI=1S/C27H28N2O/c1-30-25-18-24-8-4-5-9-26(24)27(19-25)29-16-12-23(13-17-29)22-10-14-28(15-11-22)20-21-6-2-3-7-21/h4-5,8-19,21H,2-3,6-7,20H2,1H3/q+2. The Morgan fingerprint density at radius 1 is 0.833 bits per heavy atom. The van der Waals surface area contributed by atoms with Gasteiger partial charge in [0.1, 0.15) is 5.75 Å². The van der Waals surface area contributed by atoms with Crippen molar-refractivity contribution in [1.29, 1.82) is 0 Å². The van der Waals surface area contributed by atoms with Crippen LogP contribution < -0.4 is 13.9 Å². The first-order valence-corrected chi connectivity index (χ1v) is 10.9. The number of methoxy groups -OCH3 is 1. The molecule has 0 aliphatic heterocycles. The zero-order valence-corrected chi connectivity index (χ0v) is 17.5. The first-order valence-electron chi connectivity index (χ1n) is 10.9. The third-order valence-electron chi connectivity index (χ3n) is 6.32. The summed E-state index contributed by atoms with van der Waals surface area (Å²) in [5.74, 6) is 1.73. The second kappa shape index (κ2) is 8.27. The average molecular weight is 397 g/mol. The Morgan fingerprint density at radius 2 is 1.50 bits per heavy atom. The summed E-state index contributed by atoms with van der Waals surface area (Å²) in [6.07, 6.45) is 14.3. The molecule has 1 aliphatic rings. The van der Waals surface area contributed by atoms with Crippen LogP contribution in [0.5, 0.6) is 5.75 Å². The van der Waals surface area contributed by atoms with Gasteiger partial charge < -0.3 is 4.74 Å². The van der Waals surface area contributed by atoms with E-state index in [0.717, 1.165) is 23.9 Å². The fraction of sp³-hybridized carbons (Fsp3) is 0.259. The normalized spacial score (nSPS) is 14.3. The maximum atomic E-state index is 5.52. The van der Waals surface area contributed by atoms with Crippen molar-refractivity contribution in [2.45, 2.75) is 32.2 Å². The van der Waals surface area contributed by atoms with Crippen LogP contribution in [0.2, 0.25) is 0 Å². The first kappa shape index (κ1) is 18.8. The molecule has 0 saturated heterocycles. The topological polar surface area (TPSA) is 17.0 Å². The van der Waals surface area contributed by atoms with Gasteiger partial charge in [0.25, 0.3) is 0 Å². The van der Waals surface area contributed by atoms with Crippen LogP contribution in [-0.4, -0.2) is 7.11 Å². The van der Waals surface area contributed by atoms with Gasteiger partial charge in [-0.2, -0.15) is 4.57 Å². The average Bonchev–Trinajstić information content (AvgIpc) is 3.32. The summed E-state index contributed by atoms with van der Waals surface area (Å²) in [6, 6.07) is 21.4. The molecule has 150 valence electrons. The Balaban J connectivity index is 1.41. The van der Waals surface area contributed by atoms with Crippen molar-refractivity contribution >= 4 is 10.8 Å². The van der Waals surface area contributed by atoms with E-state index in [0.29, 0.717) is 0 Å². The number of hydrogen-bond donors (Lipinski definition) is 0. The number of pyridine rings is 2. The van der Waals surface area contributed by atoms with Gasteiger partial charge in [-0.1, -0.05) is 31.0 Å². The van der Waals surface area contributed by atoms with E-state index in [1.807, 2.05) is 0 Å². The molecule has 0 unspecified atom stereocenters. The Morgan fingerprint density at radius 3 is 2.20 bits per heavy atom. The lowest BCUT2D eigenvalue weighted by Crippen LogP contribution is -2.35. The van der Waals surface area contributed by atoms with Crippen molar-refractivity contribution in [2.75, 3.05) is 7.11 Å². The van der Waals surface area contributed by atoms with Crippen LogP contribution in [0.3, 0.4) is 0 Å². The summed E-state index contributed by atoms with van der Waals surface area (Å²) in [4.78, 5) is 0. The lowest BCUT2D eigenvalue weighted by Gasteiger charge is -2.07. The molecule has 1 saturated carbocycles. The van der Waals surface area contributed by atoms with Crippen molar-refractivity contribution in [2.24, 2.45) is 5.92 Å². The number of aromatic nitrogens is 2. The Hall–Kier alpha value is -3.20. The van der Waals surface area contributed by atoms with Crippen LogP contribution in [0, 0.1) is 5.92 Å². The fourth-order valence-electron chi connectivity index (χ4n) is 4.64. The number of hydrogen-bond acceptors (Lipinski definition) is 1. The van der Waals surface area contributed by atoms with Gasteiger partial charge in [0.2, 0.25) is 5.69 Å². The van der Waals surface area contributed by atoms with Crippen molar-refractivity contribution in [3.63, 3.8) is 0 Å². The Labute approximate surface area is 178 Å². The molecule has 3 heteroatoms. The van der Waals surface area contributed by atoms with E-state index in [1.54, 1.807) is 7.11 Å². The minimum Gasteiger partial charge on any atom is -0.496 e. The molecular formula is C27H28N2O+2. The van der Waals surface area contributed by atoms with Gasteiger partial charge in [-0.25, -0.2) is 4.57 Å². The van der Waals surface area contributed by atoms with E-state index in [1.165, 1.54) is 47.6 Å². The van der Waals surface area contributed by atoms with Gasteiger partial charge in [-0.15, -0.1) is 0 Å². The number of rotatable bonds is 5. The SMILES string of the molecule is COc1cc(-[n+]2ccc(-c3cc[n+](CC4CCCC4)cc3)cc2)c2ccccc2c1. The van der Waals surface area contributed by atoms with Crippen molar-refractivity contribution in [3.8, 4) is 22.6 Å². The van der Waals surface area contributed by atoms with Crippen LogP contribution >= 0.6 is 0 Å². The number of fused-ring (bicyclic) bond motifs is 1. The van der Waals surface area contributed by atoms with Crippen molar-refractivity contribution in [1.82, 2.24) is 0 Å². The summed E-state index contributed by atoms with van der Waals surface area (Å²) in [7, 11) is 1.72. The minimum absolute atomic E-state index is 0.856. The quantitative estimate of drug-likeness (QED) is 0.420. The summed E-state index contributed by atoms with van der Waals surface area (Å²) >= 11 is 0. The van der Waals surface area contributed by atoms with Crippen LogP contribution in [0.4, 0.5) is 0 Å². The molecule has 2 heterocycles. The zero-order chi connectivity index (χ0) is 20.3. The molecule has 0 radical (unpaired) electrons. The molecule has 2 aromatic carbocycles. The molecule has 0 spiro atoms. The molecule has 5 rings (SSSR count). The van der Waals surface area contributed by atoms with E-state index in [4.69, 9.17) is 4.74 Å². The molecular weight excluding hydrogens is 368 g/mol. The van der Waals surface area contributed by atoms with Gasteiger partial charge >= 0.3 is 0 Å². The Kier molecular flexibility index (Phi) is 5.18. The second-order valence-electron chi connectivity index (χ2n) is 8.30. The smallest absolute Gasteiger partial charge is 0.222 e. The van der Waals surface area contributed by atoms with Crippen molar-refractivity contribution in [3.05, 3.63) is 85.5 Å². The van der Waals surface area contributed by atoms with E-state index in [2.05, 4.69) is 94.6 Å².